The van der Waals surface area contributed by atoms with Crippen molar-refractivity contribution in [3.8, 4) is 23.0 Å². The number of carbonyl (C=O) groups is 3. The number of hydrogen-bond donors (Lipinski definition) is 3. The molecule has 192 valence electrons. The quantitative estimate of drug-likeness (QED) is 0.213. The molecule has 0 radical (unpaired) electrons. The number of hydrogen-bond acceptors (Lipinski definition) is 9. The summed E-state index contributed by atoms with van der Waals surface area (Å²) in [6.45, 7) is 1.12. The molecule has 0 saturated carbocycles. The maximum atomic E-state index is 13.2. The van der Waals surface area contributed by atoms with E-state index >= 15 is 0 Å². The van der Waals surface area contributed by atoms with Gasteiger partial charge >= 0.3 is 5.97 Å². The summed E-state index contributed by atoms with van der Waals surface area (Å²) >= 11 is 0. The highest BCUT2D eigenvalue weighted by Crippen LogP contribution is 2.46. The molecule has 0 aliphatic carbocycles. The number of carboxylic acid groups (broad SMARTS) is 2. The molecule has 0 bridgehead atoms. The molecule has 1 heterocycles. The summed E-state index contributed by atoms with van der Waals surface area (Å²) in [4.78, 5) is 32.5. The second-order valence-electron chi connectivity index (χ2n) is 7.62. The maximum absolute atomic E-state index is 13.2. The Morgan fingerprint density at radius 3 is 2.17 bits per heavy atom. The molecule has 1 aromatic heterocycles. The Morgan fingerprint density at radius 2 is 1.64 bits per heavy atom. The number of phenols is 1. The van der Waals surface area contributed by atoms with Crippen molar-refractivity contribution in [2.24, 2.45) is 0 Å². The van der Waals surface area contributed by atoms with Crippen molar-refractivity contribution in [2.45, 2.75) is 0 Å². The molecule has 0 aliphatic rings. The van der Waals surface area contributed by atoms with Gasteiger partial charge in [0, 0.05) is 0 Å². The number of quaternary nitrogens is 1. The molecule has 0 unspecified atom stereocenters. The van der Waals surface area contributed by atoms with Crippen LogP contribution in [0.1, 0.15) is 15.9 Å². The summed E-state index contributed by atoms with van der Waals surface area (Å²) in [5, 5.41) is 26.4. The lowest BCUT2D eigenvalue weighted by Gasteiger charge is -2.18. The molecule has 0 fully saturated rings. The van der Waals surface area contributed by atoms with Gasteiger partial charge in [-0.25, -0.2) is 4.79 Å². The van der Waals surface area contributed by atoms with Crippen LogP contribution >= 0.6 is 0 Å². The molecule has 11 heteroatoms. The van der Waals surface area contributed by atoms with Gasteiger partial charge in [-0.2, -0.15) is 0 Å². The number of phenolic OH excluding ortho intramolecular Hbond substituents is 1. The monoisotopic (exact) mass is 501 g/mol. The van der Waals surface area contributed by atoms with E-state index in [1.807, 2.05) is 14.1 Å². The average Bonchev–Trinajstić information content (AvgIpc) is 3.32. The van der Waals surface area contributed by atoms with Crippen LogP contribution in [0, 0.1) is 0 Å². The fourth-order valence-corrected chi connectivity index (χ4v) is 3.08. The number of nitrogens with one attached hydrogen (secondary N) is 1. The highest BCUT2D eigenvalue weighted by atomic mass is 16.5. The van der Waals surface area contributed by atoms with E-state index in [1.165, 1.54) is 31.5 Å². The van der Waals surface area contributed by atoms with Gasteiger partial charge in [0.05, 0.1) is 40.0 Å². The Bertz CT molecular complexity index is 1230. The number of allylic oxidation sites excluding steroid dienone is 1. The number of benzene rings is 2. The van der Waals surface area contributed by atoms with Gasteiger partial charge in [-0.1, -0.05) is 18.2 Å². The summed E-state index contributed by atoms with van der Waals surface area (Å²) in [5.41, 5.74) is 1.50. The van der Waals surface area contributed by atoms with Crippen molar-refractivity contribution in [1.82, 2.24) is 0 Å². The molecule has 11 nitrogen and oxygen atoms in total. The first-order chi connectivity index (χ1) is 17.1. The fraction of sp³-hybridized carbons (Fsp3) is 0.240. The Balaban J connectivity index is 0.000000678. The van der Waals surface area contributed by atoms with Crippen LogP contribution in [0.2, 0.25) is 0 Å². The highest BCUT2D eigenvalue weighted by Gasteiger charge is 2.28. The minimum atomic E-state index is -2.07. The molecule has 0 aliphatic heterocycles. The largest absolute Gasteiger partial charge is 0.539 e. The number of ether oxygens (including phenoxy) is 3. The number of likely N-dealkylation sites (N-methyl/N-ethyl adjacent to an activating group) is 1. The molecule has 36 heavy (non-hydrogen) atoms. The van der Waals surface area contributed by atoms with E-state index in [9.17, 15) is 9.90 Å². The van der Waals surface area contributed by atoms with Gasteiger partial charge in [-0.15, -0.1) is 0 Å². The van der Waals surface area contributed by atoms with E-state index in [0.717, 1.165) is 12.1 Å². The second-order valence-corrected chi connectivity index (χ2v) is 7.62. The number of aromatic hydroxyl groups is 1. The molecular weight excluding hydrogens is 474 g/mol. The molecule has 3 N–H and O–H groups in total. The molecule has 0 atom stereocenters. The first-order valence-corrected chi connectivity index (χ1v) is 10.6. The van der Waals surface area contributed by atoms with E-state index < -0.39 is 11.9 Å². The van der Waals surface area contributed by atoms with Crippen molar-refractivity contribution in [1.29, 1.82) is 0 Å². The zero-order valence-electron chi connectivity index (χ0n) is 20.2. The SMILES string of the molecule is COc1c(C(=O)/C=C/c2ccc(O)cc2)c(OCC[NH+](C)C)c(OC)c2occc12.O=C([O-])C(=O)O. The van der Waals surface area contributed by atoms with Crippen molar-refractivity contribution in [3.05, 3.63) is 53.8 Å². The zero-order valence-corrected chi connectivity index (χ0v) is 20.2. The minimum absolute atomic E-state index is 0.161. The van der Waals surface area contributed by atoms with Crippen molar-refractivity contribution < 1.29 is 53.2 Å². The van der Waals surface area contributed by atoms with Gasteiger partial charge in [0.2, 0.25) is 5.75 Å². The van der Waals surface area contributed by atoms with Crippen LogP contribution in [0.5, 0.6) is 23.0 Å². The van der Waals surface area contributed by atoms with Crippen molar-refractivity contribution >= 4 is 34.8 Å². The number of furan rings is 1. The van der Waals surface area contributed by atoms with Crippen molar-refractivity contribution in [2.75, 3.05) is 41.5 Å². The Labute approximate surface area is 206 Å². The molecule has 3 rings (SSSR count). The number of methoxy groups -OCH3 is 2. The average molecular weight is 501 g/mol. The van der Waals surface area contributed by atoms with Crippen LogP contribution in [0.4, 0.5) is 0 Å². The number of rotatable bonds is 9. The molecule has 0 saturated heterocycles. The van der Waals surface area contributed by atoms with Crippen LogP contribution < -0.4 is 24.2 Å². The summed E-state index contributed by atoms with van der Waals surface area (Å²) in [5.74, 6) is -3.14. The summed E-state index contributed by atoms with van der Waals surface area (Å²) in [7, 11) is 7.05. The van der Waals surface area contributed by atoms with E-state index in [1.54, 1.807) is 36.4 Å². The van der Waals surface area contributed by atoms with Gasteiger partial charge in [-0.05, 0) is 29.8 Å². The van der Waals surface area contributed by atoms with Crippen LogP contribution in [0.15, 0.2) is 47.1 Å². The molecule has 2 aromatic carbocycles. The Morgan fingerprint density at radius 1 is 1.03 bits per heavy atom. The van der Waals surface area contributed by atoms with E-state index in [0.29, 0.717) is 34.8 Å². The van der Waals surface area contributed by atoms with Gasteiger partial charge < -0.3 is 43.6 Å². The zero-order chi connectivity index (χ0) is 26.8. The smallest absolute Gasteiger partial charge is 0.351 e. The second kappa shape index (κ2) is 12.8. The predicted molar refractivity (Wildman–Crippen MR) is 127 cm³/mol. The lowest BCUT2D eigenvalue weighted by Crippen LogP contribution is -3.06. The summed E-state index contributed by atoms with van der Waals surface area (Å²) in [6, 6.07) is 8.28. The van der Waals surface area contributed by atoms with E-state index in [-0.39, 0.29) is 17.1 Å². The molecular formula is C25H27NO10. The lowest BCUT2D eigenvalue weighted by atomic mass is 10.0. The van der Waals surface area contributed by atoms with Crippen LogP contribution in [-0.2, 0) is 9.59 Å². The van der Waals surface area contributed by atoms with Crippen LogP contribution in [-0.4, -0.2) is 69.4 Å². The molecule has 0 spiro atoms. The number of carboxylic acids is 2. The third-order valence-corrected chi connectivity index (χ3v) is 4.77. The maximum Gasteiger partial charge on any atom is 0.351 e. The first kappa shape index (κ1) is 27.7. The number of ketones is 1. The Hall–Kier alpha value is -4.51. The minimum Gasteiger partial charge on any atom is -0.539 e. The third kappa shape index (κ3) is 7.00. The number of carbonyl (C=O) groups excluding carboxylic acids is 2. The van der Waals surface area contributed by atoms with Gasteiger partial charge in [0.15, 0.2) is 23.1 Å². The van der Waals surface area contributed by atoms with Crippen molar-refractivity contribution in [3.63, 3.8) is 0 Å². The van der Waals surface area contributed by atoms with Gasteiger partial charge in [-0.3, -0.25) is 4.79 Å². The van der Waals surface area contributed by atoms with Crippen LogP contribution in [0.3, 0.4) is 0 Å². The van der Waals surface area contributed by atoms with Crippen LogP contribution in [0.25, 0.3) is 17.0 Å². The van der Waals surface area contributed by atoms with E-state index in [4.69, 9.17) is 38.4 Å². The predicted octanol–water partition coefficient (Wildman–Crippen LogP) is 0.396. The number of fused-ring (bicyclic) bond motifs is 1. The fourth-order valence-electron chi connectivity index (χ4n) is 3.08. The van der Waals surface area contributed by atoms with Gasteiger partial charge in [0.1, 0.15) is 30.2 Å². The standard InChI is InChI=1S/C23H25NO6.C2H2O4/c1-24(2)12-14-30-22-19(18(26)10-7-15-5-8-16(25)9-6-15)20(27-3)17-11-13-29-21(17)23(22)28-4;3-1(4)2(5)6/h5-11,13,25H,12,14H2,1-4H3;(H,3,4)(H,5,6)/b10-7+;. The topological polar surface area (TPSA) is 160 Å². The third-order valence-electron chi connectivity index (χ3n) is 4.77. The molecule has 3 aromatic rings. The highest BCUT2D eigenvalue weighted by molar-refractivity contribution is 6.26. The number of aliphatic carboxylic acids is 2. The Kier molecular flexibility index (Phi) is 9.87. The summed E-state index contributed by atoms with van der Waals surface area (Å²) < 4.78 is 22.7. The molecule has 0 amide bonds. The van der Waals surface area contributed by atoms with Gasteiger partial charge in [0.25, 0.3) is 0 Å². The van der Waals surface area contributed by atoms with E-state index in [2.05, 4.69) is 0 Å². The lowest BCUT2D eigenvalue weighted by molar-refractivity contribution is -0.858. The normalized spacial score (nSPS) is 10.7. The first-order valence-electron chi connectivity index (χ1n) is 10.6. The summed E-state index contributed by atoms with van der Waals surface area (Å²) in [6.07, 6.45) is 4.63.